The predicted octanol–water partition coefficient (Wildman–Crippen LogP) is 4.33. The van der Waals surface area contributed by atoms with Gasteiger partial charge in [-0.05, 0) is 60.7 Å². The van der Waals surface area contributed by atoms with Crippen molar-refractivity contribution in [3.63, 3.8) is 0 Å². The number of benzene rings is 2. The van der Waals surface area contributed by atoms with Crippen LogP contribution >= 0.6 is 0 Å². The van der Waals surface area contributed by atoms with E-state index in [0.717, 1.165) is 53.4 Å². The van der Waals surface area contributed by atoms with Crippen LogP contribution in [0, 0.1) is 5.82 Å². The van der Waals surface area contributed by atoms with Crippen LogP contribution in [0.3, 0.4) is 0 Å². The highest BCUT2D eigenvalue weighted by Crippen LogP contribution is 2.31. The molecule has 2 aromatic carbocycles. The van der Waals surface area contributed by atoms with Crippen molar-refractivity contribution in [2.45, 2.75) is 50.7 Å². The molecule has 0 spiro atoms. The number of para-hydroxylation sites is 1. The zero-order chi connectivity index (χ0) is 19.5. The molecular formula is C23H25FN2O2. The first kappa shape index (κ1) is 18.7. The average molecular weight is 380 g/mol. The summed E-state index contributed by atoms with van der Waals surface area (Å²) in [5.41, 5.74) is 3.88. The molecule has 1 heterocycles. The van der Waals surface area contributed by atoms with E-state index >= 15 is 0 Å². The molecule has 0 unspecified atom stereocenters. The number of fused-ring (bicyclic) bond motifs is 1. The monoisotopic (exact) mass is 380 g/mol. The van der Waals surface area contributed by atoms with Gasteiger partial charge in [0.1, 0.15) is 5.82 Å². The standard InChI is InChI=1S/C23H25FN2O2/c24-16-11-9-15(10-12-16)23-18(17-5-1-2-6-19(17)26-23)13-14-22(28)25-20-7-3-4-8-21(20)27/h1-2,5-6,9-12,20-21,26-27H,3-4,7-8,13-14H2,(H,25,28)/t20-,21-/m1/s1. The largest absolute Gasteiger partial charge is 0.391 e. The summed E-state index contributed by atoms with van der Waals surface area (Å²) < 4.78 is 13.3. The second-order valence-electron chi connectivity index (χ2n) is 7.56. The fourth-order valence-corrected chi connectivity index (χ4v) is 4.12. The normalized spacial score (nSPS) is 19.6. The van der Waals surface area contributed by atoms with Gasteiger partial charge in [0.05, 0.1) is 12.1 Å². The molecule has 28 heavy (non-hydrogen) atoms. The predicted molar refractivity (Wildman–Crippen MR) is 108 cm³/mol. The number of rotatable bonds is 5. The van der Waals surface area contributed by atoms with Crippen molar-refractivity contribution in [1.29, 1.82) is 0 Å². The van der Waals surface area contributed by atoms with Crippen LogP contribution < -0.4 is 5.32 Å². The molecule has 3 N–H and O–H groups in total. The van der Waals surface area contributed by atoms with Crippen molar-refractivity contribution in [1.82, 2.24) is 10.3 Å². The lowest BCUT2D eigenvalue weighted by atomic mass is 9.92. The molecule has 2 atom stereocenters. The molecule has 4 nitrogen and oxygen atoms in total. The lowest BCUT2D eigenvalue weighted by Gasteiger charge is -2.28. The molecule has 5 heteroatoms. The number of H-pyrrole nitrogens is 1. The van der Waals surface area contributed by atoms with Gasteiger partial charge in [-0.3, -0.25) is 4.79 Å². The van der Waals surface area contributed by atoms with Crippen LogP contribution in [0.4, 0.5) is 4.39 Å². The van der Waals surface area contributed by atoms with E-state index in [2.05, 4.69) is 10.3 Å². The Morgan fingerprint density at radius 2 is 1.86 bits per heavy atom. The first-order valence-electron chi connectivity index (χ1n) is 9.95. The fraction of sp³-hybridized carbons (Fsp3) is 0.348. The maximum absolute atomic E-state index is 13.3. The quantitative estimate of drug-likeness (QED) is 0.617. The van der Waals surface area contributed by atoms with Gasteiger partial charge in [-0.25, -0.2) is 4.39 Å². The van der Waals surface area contributed by atoms with Crippen molar-refractivity contribution in [2.24, 2.45) is 0 Å². The Balaban J connectivity index is 1.54. The van der Waals surface area contributed by atoms with Gasteiger partial charge >= 0.3 is 0 Å². The first-order chi connectivity index (χ1) is 13.6. The smallest absolute Gasteiger partial charge is 0.220 e. The number of aromatic amines is 1. The molecule has 146 valence electrons. The molecule has 4 rings (SSSR count). The molecule has 1 saturated carbocycles. The van der Waals surface area contributed by atoms with E-state index in [1.807, 2.05) is 24.3 Å². The number of amides is 1. The van der Waals surface area contributed by atoms with Crippen molar-refractivity contribution in [2.75, 3.05) is 0 Å². The van der Waals surface area contributed by atoms with Gasteiger partial charge in [0, 0.05) is 23.0 Å². The van der Waals surface area contributed by atoms with Gasteiger partial charge in [-0.1, -0.05) is 31.0 Å². The Kier molecular flexibility index (Phi) is 5.44. The molecule has 0 saturated heterocycles. The van der Waals surface area contributed by atoms with Gasteiger partial charge in [0.15, 0.2) is 0 Å². The minimum atomic E-state index is -0.444. The Labute approximate surface area is 163 Å². The molecule has 0 radical (unpaired) electrons. The van der Waals surface area contributed by atoms with E-state index in [1.165, 1.54) is 12.1 Å². The summed E-state index contributed by atoms with van der Waals surface area (Å²) in [5.74, 6) is -0.312. The number of hydrogen-bond acceptors (Lipinski definition) is 2. The maximum Gasteiger partial charge on any atom is 0.220 e. The van der Waals surface area contributed by atoms with E-state index in [9.17, 15) is 14.3 Å². The van der Waals surface area contributed by atoms with Crippen molar-refractivity contribution in [3.8, 4) is 11.3 Å². The molecule has 1 aromatic heterocycles. The second-order valence-corrected chi connectivity index (χ2v) is 7.56. The van der Waals surface area contributed by atoms with Crippen LogP contribution in [0.2, 0.25) is 0 Å². The molecular weight excluding hydrogens is 355 g/mol. The number of nitrogens with one attached hydrogen (secondary N) is 2. The first-order valence-corrected chi connectivity index (χ1v) is 9.95. The molecule has 3 aromatic rings. The van der Waals surface area contributed by atoms with Gasteiger partial charge in [0.2, 0.25) is 5.91 Å². The topological polar surface area (TPSA) is 65.1 Å². The Morgan fingerprint density at radius 3 is 2.64 bits per heavy atom. The average Bonchev–Trinajstić information content (AvgIpc) is 3.07. The minimum Gasteiger partial charge on any atom is -0.391 e. The molecule has 1 amide bonds. The third-order valence-corrected chi connectivity index (χ3v) is 5.62. The van der Waals surface area contributed by atoms with Crippen LogP contribution in [0.25, 0.3) is 22.2 Å². The number of aliphatic hydroxyl groups excluding tert-OH is 1. The third-order valence-electron chi connectivity index (χ3n) is 5.62. The summed E-state index contributed by atoms with van der Waals surface area (Å²) >= 11 is 0. The number of halogens is 1. The van der Waals surface area contributed by atoms with Gasteiger partial charge in [0.25, 0.3) is 0 Å². The number of aromatic nitrogens is 1. The highest BCUT2D eigenvalue weighted by Gasteiger charge is 2.24. The fourth-order valence-electron chi connectivity index (χ4n) is 4.12. The number of carbonyl (C=O) groups excluding carboxylic acids is 1. The van der Waals surface area contributed by atoms with Crippen molar-refractivity contribution < 1.29 is 14.3 Å². The summed E-state index contributed by atoms with van der Waals surface area (Å²) in [6.07, 6.45) is 4.12. The Hall–Kier alpha value is -2.66. The van der Waals surface area contributed by atoms with E-state index in [0.29, 0.717) is 12.8 Å². The van der Waals surface area contributed by atoms with Crippen molar-refractivity contribution >= 4 is 16.8 Å². The lowest BCUT2D eigenvalue weighted by Crippen LogP contribution is -2.45. The lowest BCUT2D eigenvalue weighted by molar-refractivity contribution is -0.123. The minimum absolute atomic E-state index is 0.0405. The summed E-state index contributed by atoms with van der Waals surface area (Å²) in [6.45, 7) is 0. The molecule has 1 aliphatic carbocycles. The number of carbonyl (C=O) groups is 1. The van der Waals surface area contributed by atoms with Crippen LogP contribution in [0.5, 0.6) is 0 Å². The highest BCUT2D eigenvalue weighted by atomic mass is 19.1. The molecule has 1 aliphatic rings. The van der Waals surface area contributed by atoms with Gasteiger partial charge in [-0.2, -0.15) is 0 Å². The summed E-state index contributed by atoms with van der Waals surface area (Å²) in [4.78, 5) is 15.9. The number of hydrogen-bond donors (Lipinski definition) is 3. The van der Waals surface area contributed by atoms with Crippen LogP contribution in [0.15, 0.2) is 48.5 Å². The van der Waals surface area contributed by atoms with Crippen LogP contribution in [-0.2, 0) is 11.2 Å². The van der Waals surface area contributed by atoms with E-state index < -0.39 is 6.10 Å². The Bertz CT molecular complexity index is 964. The summed E-state index contributed by atoms with van der Waals surface area (Å²) in [7, 11) is 0. The zero-order valence-electron chi connectivity index (χ0n) is 15.7. The number of aliphatic hydroxyl groups is 1. The maximum atomic E-state index is 13.3. The third kappa shape index (κ3) is 3.94. The van der Waals surface area contributed by atoms with Gasteiger partial charge in [-0.15, -0.1) is 0 Å². The summed E-state index contributed by atoms with van der Waals surface area (Å²) in [6, 6.07) is 14.2. The van der Waals surface area contributed by atoms with Crippen LogP contribution in [-0.4, -0.2) is 28.1 Å². The van der Waals surface area contributed by atoms with E-state index in [4.69, 9.17) is 0 Å². The highest BCUT2D eigenvalue weighted by molar-refractivity contribution is 5.91. The second kappa shape index (κ2) is 8.15. The zero-order valence-corrected chi connectivity index (χ0v) is 15.7. The number of aryl methyl sites for hydroxylation is 1. The van der Waals surface area contributed by atoms with Gasteiger partial charge < -0.3 is 15.4 Å². The van der Waals surface area contributed by atoms with Crippen molar-refractivity contribution in [3.05, 3.63) is 59.9 Å². The van der Waals surface area contributed by atoms with E-state index in [-0.39, 0.29) is 17.8 Å². The van der Waals surface area contributed by atoms with E-state index in [1.54, 1.807) is 12.1 Å². The molecule has 0 bridgehead atoms. The van der Waals surface area contributed by atoms with Crippen LogP contribution in [0.1, 0.15) is 37.7 Å². The SMILES string of the molecule is O=C(CCc1c(-c2ccc(F)cc2)[nH]c2ccccc12)N[C@@H]1CCCC[C@H]1O. The Morgan fingerprint density at radius 1 is 1.11 bits per heavy atom. The molecule has 0 aliphatic heterocycles. The summed E-state index contributed by atoms with van der Waals surface area (Å²) in [5, 5.41) is 14.1. The molecule has 1 fully saturated rings.